The standard InChI is InChI=1S/C18H29N3/c1-4-19-12-16-13(2)11-14(3)20-18(16)21-10-6-8-15-7-5-9-17(15)21/h11,15,17,19H,4-10,12H2,1-3H3. The highest BCUT2D eigenvalue weighted by Gasteiger charge is 2.36. The van der Waals surface area contributed by atoms with Crippen LogP contribution in [0.5, 0.6) is 0 Å². The molecule has 2 fully saturated rings. The molecule has 1 saturated heterocycles. The second-order valence-corrected chi connectivity index (χ2v) is 6.76. The Morgan fingerprint density at radius 3 is 2.86 bits per heavy atom. The van der Waals surface area contributed by atoms with Crippen LogP contribution in [0.25, 0.3) is 0 Å². The first-order valence-electron chi connectivity index (χ1n) is 8.65. The molecular formula is C18H29N3. The number of pyridine rings is 1. The van der Waals surface area contributed by atoms with E-state index < -0.39 is 0 Å². The molecule has 2 aliphatic rings. The fraction of sp³-hybridized carbons (Fsp3) is 0.722. The van der Waals surface area contributed by atoms with E-state index in [0.717, 1.165) is 30.7 Å². The van der Waals surface area contributed by atoms with Gasteiger partial charge in [-0.25, -0.2) is 4.98 Å². The number of nitrogens with one attached hydrogen (secondary N) is 1. The molecule has 2 unspecified atom stereocenters. The molecule has 1 N–H and O–H groups in total. The summed E-state index contributed by atoms with van der Waals surface area (Å²) >= 11 is 0. The van der Waals surface area contributed by atoms with Crippen molar-refractivity contribution in [2.45, 2.75) is 65.5 Å². The Morgan fingerprint density at radius 2 is 2.05 bits per heavy atom. The molecule has 0 amide bonds. The van der Waals surface area contributed by atoms with Gasteiger partial charge in [0.2, 0.25) is 0 Å². The maximum Gasteiger partial charge on any atom is 0.133 e. The third-order valence-corrected chi connectivity index (χ3v) is 5.27. The molecule has 116 valence electrons. The quantitative estimate of drug-likeness (QED) is 0.917. The first-order valence-corrected chi connectivity index (χ1v) is 8.65. The lowest BCUT2D eigenvalue weighted by atomic mass is 9.91. The van der Waals surface area contributed by atoms with E-state index >= 15 is 0 Å². The Bertz CT molecular complexity index is 497. The van der Waals surface area contributed by atoms with Crippen molar-refractivity contribution in [3.8, 4) is 0 Å². The summed E-state index contributed by atoms with van der Waals surface area (Å²) in [6, 6.07) is 2.97. The maximum absolute atomic E-state index is 4.96. The van der Waals surface area contributed by atoms with Crippen LogP contribution < -0.4 is 10.2 Å². The summed E-state index contributed by atoms with van der Waals surface area (Å²) in [6.07, 6.45) is 6.94. The Balaban J connectivity index is 1.95. The van der Waals surface area contributed by atoms with E-state index in [1.54, 1.807) is 0 Å². The average Bonchev–Trinajstić information content (AvgIpc) is 2.94. The molecule has 1 aromatic rings. The van der Waals surface area contributed by atoms with Gasteiger partial charge < -0.3 is 10.2 Å². The molecule has 0 radical (unpaired) electrons. The summed E-state index contributed by atoms with van der Waals surface area (Å²) in [7, 11) is 0. The molecule has 1 aliphatic heterocycles. The van der Waals surface area contributed by atoms with E-state index in [1.807, 2.05) is 0 Å². The molecule has 1 aliphatic carbocycles. The number of hydrogen-bond acceptors (Lipinski definition) is 3. The first kappa shape index (κ1) is 14.8. The smallest absolute Gasteiger partial charge is 0.133 e. The Kier molecular flexibility index (Phi) is 4.48. The molecule has 2 atom stereocenters. The van der Waals surface area contributed by atoms with Crippen molar-refractivity contribution in [2.24, 2.45) is 5.92 Å². The highest BCUT2D eigenvalue weighted by Crippen LogP contribution is 2.40. The van der Waals surface area contributed by atoms with Crippen LogP contribution >= 0.6 is 0 Å². The number of aromatic nitrogens is 1. The van der Waals surface area contributed by atoms with Gasteiger partial charge in [-0.1, -0.05) is 13.3 Å². The Hall–Kier alpha value is -1.09. The highest BCUT2D eigenvalue weighted by molar-refractivity contribution is 5.53. The zero-order valence-corrected chi connectivity index (χ0v) is 13.8. The monoisotopic (exact) mass is 287 g/mol. The van der Waals surface area contributed by atoms with Crippen LogP contribution in [0.1, 0.15) is 55.8 Å². The van der Waals surface area contributed by atoms with Gasteiger partial charge in [-0.3, -0.25) is 0 Å². The SMILES string of the molecule is CCNCc1c(C)cc(C)nc1N1CCCC2CCCC21. The van der Waals surface area contributed by atoms with Gasteiger partial charge in [0.25, 0.3) is 0 Å². The minimum atomic E-state index is 0.743. The summed E-state index contributed by atoms with van der Waals surface area (Å²) < 4.78 is 0. The van der Waals surface area contributed by atoms with Gasteiger partial charge in [-0.15, -0.1) is 0 Å². The molecule has 1 aromatic heterocycles. The van der Waals surface area contributed by atoms with Gasteiger partial charge in [-0.05, 0) is 63.6 Å². The van der Waals surface area contributed by atoms with Crippen molar-refractivity contribution < 1.29 is 0 Å². The van der Waals surface area contributed by atoms with Crippen molar-refractivity contribution in [2.75, 3.05) is 18.0 Å². The highest BCUT2D eigenvalue weighted by atomic mass is 15.2. The van der Waals surface area contributed by atoms with Crippen LogP contribution in [0.3, 0.4) is 0 Å². The molecule has 3 rings (SSSR count). The number of rotatable bonds is 4. The molecule has 3 heteroatoms. The van der Waals surface area contributed by atoms with Crippen molar-refractivity contribution in [3.05, 3.63) is 22.9 Å². The van der Waals surface area contributed by atoms with Gasteiger partial charge in [0, 0.05) is 30.4 Å². The topological polar surface area (TPSA) is 28.2 Å². The molecule has 1 saturated carbocycles. The van der Waals surface area contributed by atoms with Crippen LogP contribution in [-0.2, 0) is 6.54 Å². The third-order valence-electron chi connectivity index (χ3n) is 5.27. The van der Waals surface area contributed by atoms with Gasteiger partial charge in [0.1, 0.15) is 5.82 Å². The normalized spacial score (nSPS) is 25.2. The molecule has 3 nitrogen and oxygen atoms in total. The van der Waals surface area contributed by atoms with Crippen LogP contribution in [0, 0.1) is 19.8 Å². The van der Waals surface area contributed by atoms with Crippen LogP contribution in [0.4, 0.5) is 5.82 Å². The number of piperidine rings is 1. The number of nitrogens with zero attached hydrogens (tertiary/aromatic N) is 2. The molecule has 21 heavy (non-hydrogen) atoms. The fourth-order valence-electron chi connectivity index (χ4n) is 4.27. The Labute approximate surface area is 129 Å². The zero-order chi connectivity index (χ0) is 14.8. The minimum Gasteiger partial charge on any atom is -0.353 e. The van der Waals surface area contributed by atoms with Gasteiger partial charge in [-0.2, -0.15) is 0 Å². The molecule has 0 aromatic carbocycles. The molecule has 0 bridgehead atoms. The fourth-order valence-corrected chi connectivity index (χ4v) is 4.27. The molecular weight excluding hydrogens is 258 g/mol. The lowest BCUT2D eigenvalue weighted by Gasteiger charge is -2.40. The van der Waals surface area contributed by atoms with Gasteiger partial charge >= 0.3 is 0 Å². The average molecular weight is 287 g/mol. The van der Waals surface area contributed by atoms with Crippen LogP contribution in [-0.4, -0.2) is 24.1 Å². The van der Waals surface area contributed by atoms with Crippen molar-refractivity contribution in [1.29, 1.82) is 0 Å². The summed E-state index contributed by atoms with van der Waals surface area (Å²) in [4.78, 5) is 7.60. The number of fused-ring (bicyclic) bond motifs is 1. The molecule has 0 spiro atoms. The van der Waals surface area contributed by atoms with Gasteiger partial charge in [0.05, 0.1) is 0 Å². The minimum absolute atomic E-state index is 0.743. The third kappa shape index (κ3) is 2.94. The van der Waals surface area contributed by atoms with E-state index in [4.69, 9.17) is 4.98 Å². The predicted octanol–water partition coefficient (Wildman–Crippen LogP) is 3.58. The number of anilines is 1. The summed E-state index contributed by atoms with van der Waals surface area (Å²) in [5.74, 6) is 2.18. The second-order valence-electron chi connectivity index (χ2n) is 6.76. The second kappa shape index (κ2) is 6.35. The van der Waals surface area contributed by atoms with Crippen molar-refractivity contribution in [3.63, 3.8) is 0 Å². The number of hydrogen-bond donors (Lipinski definition) is 1. The lowest BCUT2D eigenvalue weighted by molar-refractivity contribution is 0.359. The van der Waals surface area contributed by atoms with Crippen LogP contribution in [0.15, 0.2) is 6.07 Å². The predicted molar refractivity (Wildman–Crippen MR) is 88.8 cm³/mol. The lowest BCUT2D eigenvalue weighted by Crippen LogP contribution is -2.44. The van der Waals surface area contributed by atoms with Crippen molar-refractivity contribution >= 4 is 5.82 Å². The largest absolute Gasteiger partial charge is 0.353 e. The summed E-state index contributed by atoms with van der Waals surface area (Å²) in [5.41, 5.74) is 3.96. The van der Waals surface area contributed by atoms with E-state index in [0.29, 0.717) is 0 Å². The first-order chi connectivity index (χ1) is 10.2. The maximum atomic E-state index is 4.96. The summed E-state index contributed by atoms with van der Waals surface area (Å²) in [5, 5.41) is 3.50. The zero-order valence-electron chi connectivity index (χ0n) is 13.8. The van der Waals surface area contributed by atoms with Crippen LogP contribution in [0.2, 0.25) is 0 Å². The van der Waals surface area contributed by atoms with Gasteiger partial charge in [0.15, 0.2) is 0 Å². The van der Waals surface area contributed by atoms with E-state index in [9.17, 15) is 0 Å². The number of aryl methyl sites for hydroxylation is 2. The summed E-state index contributed by atoms with van der Waals surface area (Å²) in [6.45, 7) is 9.68. The van der Waals surface area contributed by atoms with E-state index in [1.165, 1.54) is 55.6 Å². The molecule has 2 heterocycles. The van der Waals surface area contributed by atoms with Crippen molar-refractivity contribution in [1.82, 2.24) is 10.3 Å². The van der Waals surface area contributed by atoms with E-state index in [-0.39, 0.29) is 0 Å². The Morgan fingerprint density at radius 1 is 1.24 bits per heavy atom. The van der Waals surface area contributed by atoms with E-state index in [2.05, 4.69) is 37.1 Å².